The molecule has 0 spiro atoms. The van der Waals surface area contributed by atoms with E-state index in [1.165, 1.54) is 16.6 Å². The molecular formula is C14H21BrClN3O2S. The van der Waals surface area contributed by atoms with Gasteiger partial charge in [-0.2, -0.15) is 4.31 Å². The average Bonchev–Trinajstić information content (AvgIpc) is 2.48. The monoisotopic (exact) mass is 409 g/mol. The lowest BCUT2D eigenvalue weighted by atomic mass is 10.1. The summed E-state index contributed by atoms with van der Waals surface area (Å²) in [7, 11) is -3.59. The van der Waals surface area contributed by atoms with Gasteiger partial charge in [0.2, 0.25) is 10.0 Å². The van der Waals surface area contributed by atoms with Crippen molar-refractivity contribution in [2.75, 3.05) is 32.7 Å². The predicted molar refractivity (Wildman–Crippen MR) is 91.6 cm³/mol. The second-order valence-corrected chi connectivity index (χ2v) is 9.05. The van der Waals surface area contributed by atoms with E-state index in [9.17, 15) is 8.42 Å². The van der Waals surface area contributed by atoms with Crippen molar-refractivity contribution in [3.8, 4) is 0 Å². The number of rotatable bonds is 5. The van der Waals surface area contributed by atoms with E-state index >= 15 is 0 Å². The van der Waals surface area contributed by atoms with E-state index in [0.29, 0.717) is 23.5 Å². The molecule has 0 saturated carbocycles. The molecule has 0 aliphatic carbocycles. The number of halogens is 2. The highest BCUT2D eigenvalue weighted by molar-refractivity contribution is 9.10. The van der Waals surface area contributed by atoms with E-state index in [4.69, 9.17) is 11.6 Å². The Bertz CT molecular complexity index is 617. The molecule has 0 N–H and O–H groups in total. The fourth-order valence-electron chi connectivity index (χ4n) is 2.36. The predicted octanol–water partition coefficient (Wildman–Crippen LogP) is 2.85. The lowest BCUT2D eigenvalue weighted by molar-refractivity contribution is 0.180. The van der Waals surface area contributed by atoms with Crippen LogP contribution in [-0.4, -0.2) is 55.3 Å². The van der Waals surface area contributed by atoms with Crippen LogP contribution in [0.2, 0.25) is 5.15 Å². The molecule has 2 heterocycles. The van der Waals surface area contributed by atoms with Gasteiger partial charge in [-0.15, -0.1) is 0 Å². The summed E-state index contributed by atoms with van der Waals surface area (Å²) in [5.74, 6) is 0.660. The van der Waals surface area contributed by atoms with Gasteiger partial charge in [0, 0.05) is 36.8 Å². The van der Waals surface area contributed by atoms with Gasteiger partial charge in [0.1, 0.15) is 10.0 Å². The highest BCUT2D eigenvalue weighted by Gasteiger charge is 2.30. The van der Waals surface area contributed by atoms with Crippen LogP contribution in [0.1, 0.15) is 20.3 Å². The van der Waals surface area contributed by atoms with Gasteiger partial charge in [0.25, 0.3) is 0 Å². The zero-order valence-electron chi connectivity index (χ0n) is 12.8. The van der Waals surface area contributed by atoms with Gasteiger partial charge < -0.3 is 4.90 Å². The fraction of sp³-hybridized carbons (Fsp3) is 0.643. The second-order valence-electron chi connectivity index (χ2n) is 5.87. The fourth-order valence-corrected chi connectivity index (χ4v) is 4.70. The Hall–Kier alpha value is -0.210. The van der Waals surface area contributed by atoms with Crippen LogP contribution >= 0.6 is 27.5 Å². The third-order valence-electron chi connectivity index (χ3n) is 3.75. The molecule has 0 amide bonds. The lowest BCUT2D eigenvalue weighted by Crippen LogP contribution is -2.48. The molecule has 0 bridgehead atoms. The Morgan fingerprint density at radius 1 is 1.32 bits per heavy atom. The Kier molecular flexibility index (Phi) is 6.24. The molecule has 0 aromatic carbocycles. The molecular weight excluding hydrogens is 390 g/mol. The maximum atomic E-state index is 12.7. The van der Waals surface area contributed by atoms with Gasteiger partial charge in [-0.1, -0.05) is 25.4 Å². The number of hydrogen-bond acceptors (Lipinski definition) is 4. The Morgan fingerprint density at radius 3 is 2.55 bits per heavy atom. The van der Waals surface area contributed by atoms with Crippen LogP contribution in [0.3, 0.4) is 0 Å². The molecule has 1 fully saturated rings. The van der Waals surface area contributed by atoms with Gasteiger partial charge in [0.05, 0.1) is 0 Å². The molecule has 1 aliphatic rings. The SMILES string of the molecule is CC(C)CCN1CCN(S(=O)(=O)c2cc(Br)cnc2Cl)CC1. The quantitative estimate of drug-likeness (QED) is 0.700. The third kappa shape index (κ3) is 4.41. The van der Waals surface area contributed by atoms with Crippen molar-refractivity contribution in [1.82, 2.24) is 14.2 Å². The highest BCUT2D eigenvalue weighted by atomic mass is 79.9. The number of hydrogen-bond donors (Lipinski definition) is 0. The molecule has 0 unspecified atom stereocenters. The summed E-state index contributed by atoms with van der Waals surface area (Å²) in [4.78, 5) is 6.29. The largest absolute Gasteiger partial charge is 0.301 e. The van der Waals surface area contributed by atoms with Crippen LogP contribution in [0.4, 0.5) is 0 Å². The summed E-state index contributed by atoms with van der Waals surface area (Å²) in [5, 5.41) is 0.0189. The third-order valence-corrected chi connectivity index (χ3v) is 6.50. The first kappa shape index (κ1) is 18.1. The number of piperazine rings is 1. The molecule has 1 saturated heterocycles. The van der Waals surface area contributed by atoms with Crippen LogP contribution in [0.25, 0.3) is 0 Å². The molecule has 124 valence electrons. The van der Waals surface area contributed by atoms with Gasteiger partial charge in [-0.25, -0.2) is 13.4 Å². The van der Waals surface area contributed by atoms with Gasteiger partial charge >= 0.3 is 0 Å². The first-order valence-electron chi connectivity index (χ1n) is 7.34. The first-order chi connectivity index (χ1) is 10.3. The molecule has 2 rings (SSSR count). The van der Waals surface area contributed by atoms with E-state index in [1.54, 1.807) is 0 Å². The van der Waals surface area contributed by atoms with Crippen LogP contribution in [-0.2, 0) is 10.0 Å². The van der Waals surface area contributed by atoms with Crippen LogP contribution < -0.4 is 0 Å². The summed E-state index contributed by atoms with van der Waals surface area (Å²) in [6.45, 7) is 7.90. The minimum absolute atomic E-state index is 0.0189. The Morgan fingerprint density at radius 2 is 1.95 bits per heavy atom. The first-order valence-corrected chi connectivity index (χ1v) is 9.95. The van der Waals surface area contributed by atoms with Gasteiger partial charge in [0.15, 0.2) is 0 Å². The second kappa shape index (κ2) is 7.57. The summed E-state index contributed by atoms with van der Waals surface area (Å²) < 4.78 is 27.5. The number of nitrogens with zero attached hydrogens (tertiary/aromatic N) is 3. The Balaban J connectivity index is 2.05. The minimum Gasteiger partial charge on any atom is -0.301 e. The molecule has 1 aromatic rings. The molecule has 8 heteroatoms. The van der Waals surface area contributed by atoms with E-state index in [0.717, 1.165) is 26.1 Å². The van der Waals surface area contributed by atoms with Crippen LogP contribution in [0.5, 0.6) is 0 Å². The summed E-state index contributed by atoms with van der Waals surface area (Å²) in [5.41, 5.74) is 0. The molecule has 1 aliphatic heterocycles. The highest BCUT2D eigenvalue weighted by Crippen LogP contribution is 2.26. The van der Waals surface area contributed by atoms with Crippen molar-refractivity contribution >= 4 is 37.6 Å². The number of aromatic nitrogens is 1. The van der Waals surface area contributed by atoms with Gasteiger partial charge in [-0.05, 0) is 40.9 Å². The maximum Gasteiger partial charge on any atom is 0.246 e. The van der Waals surface area contributed by atoms with Crippen LogP contribution in [0, 0.1) is 5.92 Å². The molecule has 5 nitrogen and oxygen atoms in total. The summed E-state index contributed by atoms with van der Waals surface area (Å²) >= 11 is 9.21. The Labute approximate surface area is 145 Å². The van der Waals surface area contributed by atoms with E-state index in [2.05, 4.69) is 39.7 Å². The van der Waals surface area contributed by atoms with Crippen LogP contribution in [0.15, 0.2) is 21.6 Å². The normalized spacial score (nSPS) is 18.0. The minimum atomic E-state index is -3.59. The maximum absolute atomic E-state index is 12.7. The van der Waals surface area contributed by atoms with E-state index < -0.39 is 10.0 Å². The van der Waals surface area contributed by atoms with Crippen molar-refractivity contribution < 1.29 is 8.42 Å². The number of sulfonamides is 1. The molecule has 22 heavy (non-hydrogen) atoms. The lowest BCUT2D eigenvalue weighted by Gasteiger charge is -2.34. The summed E-state index contributed by atoms with van der Waals surface area (Å²) in [6, 6.07) is 1.51. The zero-order valence-corrected chi connectivity index (χ0v) is 16.0. The van der Waals surface area contributed by atoms with Gasteiger partial charge in [-0.3, -0.25) is 0 Å². The molecule has 0 atom stereocenters. The van der Waals surface area contributed by atoms with Crippen molar-refractivity contribution in [2.24, 2.45) is 5.92 Å². The standard InChI is InChI=1S/C14H21BrClN3O2S/c1-11(2)3-4-18-5-7-19(8-6-18)22(20,21)13-9-12(15)10-17-14(13)16/h9-11H,3-8H2,1-2H3. The van der Waals surface area contributed by atoms with Crippen molar-refractivity contribution in [1.29, 1.82) is 0 Å². The average molecular weight is 411 g/mol. The van der Waals surface area contributed by atoms with E-state index in [1.807, 2.05) is 0 Å². The summed E-state index contributed by atoms with van der Waals surface area (Å²) in [6.07, 6.45) is 2.62. The van der Waals surface area contributed by atoms with Crippen molar-refractivity contribution in [3.63, 3.8) is 0 Å². The number of pyridine rings is 1. The smallest absolute Gasteiger partial charge is 0.246 e. The topological polar surface area (TPSA) is 53.5 Å². The zero-order chi connectivity index (χ0) is 16.3. The molecule has 0 radical (unpaired) electrons. The molecule has 1 aromatic heterocycles. The van der Waals surface area contributed by atoms with Crippen molar-refractivity contribution in [3.05, 3.63) is 21.9 Å². The van der Waals surface area contributed by atoms with Crippen molar-refractivity contribution in [2.45, 2.75) is 25.2 Å². The van der Waals surface area contributed by atoms with E-state index in [-0.39, 0.29) is 10.0 Å².